The van der Waals surface area contributed by atoms with E-state index in [1.807, 2.05) is 0 Å². The van der Waals surface area contributed by atoms with E-state index in [-0.39, 0.29) is 11.0 Å². The van der Waals surface area contributed by atoms with E-state index in [0.29, 0.717) is 49.4 Å². The molecule has 2 heterocycles. The number of thiocarbonyl (C=S) groups is 1. The second kappa shape index (κ2) is 9.16. The molecule has 2 saturated heterocycles. The molecular weight excluding hydrogens is 390 g/mol. The van der Waals surface area contributed by atoms with Crippen LogP contribution in [0.5, 0.6) is 5.75 Å². The average Bonchev–Trinajstić information content (AvgIpc) is 3.21. The Morgan fingerprint density at radius 3 is 2.78 bits per heavy atom. The topological polar surface area (TPSA) is 89.1 Å². The first-order valence-corrected chi connectivity index (χ1v) is 10.8. The number of ether oxygens (including phenoxy) is 3. The lowest BCUT2D eigenvalue weighted by Crippen LogP contribution is -2.40. The third-order valence-electron chi connectivity index (χ3n) is 4.52. The molecule has 3 rings (SSSR count). The number of rotatable bonds is 6. The molecule has 2 aliphatic heterocycles. The van der Waals surface area contributed by atoms with Crippen LogP contribution >= 0.6 is 12.2 Å². The molecule has 1 aromatic rings. The van der Waals surface area contributed by atoms with Gasteiger partial charge in [-0.2, -0.15) is 4.31 Å². The Bertz CT molecular complexity index is 760. The predicted octanol–water partition coefficient (Wildman–Crippen LogP) is 1.18. The van der Waals surface area contributed by atoms with Gasteiger partial charge in [0.25, 0.3) is 0 Å². The van der Waals surface area contributed by atoms with Crippen molar-refractivity contribution in [3.8, 4) is 5.75 Å². The van der Waals surface area contributed by atoms with Crippen LogP contribution in [0.1, 0.15) is 12.8 Å². The van der Waals surface area contributed by atoms with Gasteiger partial charge in [-0.3, -0.25) is 0 Å². The number of nitrogens with zero attached hydrogens (tertiary/aromatic N) is 1. The van der Waals surface area contributed by atoms with E-state index in [4.69, 9.17) is 26.4 Å². The fourth-order valence-corrected chi connectivity index (χ4v) is 4.86. The van der Waals surface area contributed by atoms with Crippen LogP contribution in [-0.2, 0) is 19.5 Å². The van der Waals surface area contributed by atoms with Crippen molar-refractivity contribution < 1.29 is 22.6 Å². The maximum Gasteiger partial charge on any atom is 0.246 e. The Labute approximate surface area is 165 Å². The van der Waals surface area contributed by atoms with Crippen LogP contribution in [0.25, 0.3) is 0 Å². The summed E-state index contributed by atoms with van der Waals surface area (Å²) in [5.74, 6) is 0.297. The molecule has 0 amide bonds. The number of hydrogen-bond donors (Lipinski definition) is 2. The summed E-state index contributed by atoms with van der Waals surface area (Å²) in [5, 5.41) is 6.57. The molecule has 8 nitrogen and oxygen atoms in total. The van der Waals surface area contributed by atoms with Crippen LogP contribution in [-0.4, -0.2) is 70.5 Å². The first-order chi connectivity index (χ1) is 13.0. The normalized spacial score (nSPS) is 21.0. The standard InChI is InChI=1S/C17H25N3O5S2/c1-23-15-5-4-13(19-17(26)18-12-14-3-2-8-25-14)11-16(15)27(21,22)20-6-9-24-10-7-20/h4-5,11,14H,2-3,6-10,12H2,1H3,(H2,18,19,26)/t14-/m0/s1. The number of methoxy groups -OCH3 is 1. The largest absolute Gasteiger partial charge is 0.495 e. The highest BCUT2D eigenvalue weighted by atomic mass is 32.2. The lowest BCUT2D eigenvalue weighted by atomic mass is 10.2. The number of hydrogen-bond acceptors (Lipinski definition) is 6. The van der Waals surface area contributed by atoms with Gasteiger partial charge in [-0.15, -0.1) is 0 Å². The molecule has 1 aromatic carbocycles. The van der Waals surface area contributed by atoms with Crippen LogP contribution in [0, 0.1) is 0 Å². The number of benzene rings is 1. The summed E-state index contributed by atoms with van der Waals surface area (Å²) in [7, 11) is -2.23. The van der Waals surface area contributed by atoms with E-state index < -0.39 is 10.0 Å². The Balaban J connectivity index is 1.71. The highest BCUT2D eigenvalue weighted by molar-refractivity contribution is 7.89. The summed E-state index contributed by atoms with van der Waals surface area (Å²) in [4.78, 5) is 0.110. The molecule has 0 aliphatic carbocycles. The van der Waals surface area contributed by atoms with Crippen LogP contribution in [0.15, 0.2) is 23.1 Å². The zero-order chi connectivity index (χ0) is 19.3. The zero-order valence-corrected chi connectivity index (χ0v) is 16.9. The molecule has 27 heavy (non-hydrogen) atoms. The molecule has 0 spiro atoms. The second-order valence-corrected chi connectivity index (χ2v) is 8.67. The molecule has 0 radical (unpaired) electrons. The minimum atomic E-state index is -3.68. The van der Waals surface area contributed by atoms with Gasteiger partial charge in [0, 0.05) is 31.9 Å². The predicted molar refractivity (Wildman–Crippen MR) is 106 cm³/mol. The first-order valence-electron chi connectivity index (χ1n) is 8.93. The minimum absolute atomic E-state index is 0.110. The molecule has 1 atom stereocenters. The Hall–Kier alpha value is -1.46. The summed E-state index contributed by atoms with van der Waals surface area (Å²) in [6, 6.07) is 4.90. The smallest absolute Gasteiger partial charge is 0.246 e. The lowest BCUT2D eigenvalue weighted by Gasteiger charge is -2.27. The molecular formula is C17H25N3O5S2. The van der Waals surface area contributed by atoms with Gasteiger partial charge in [-0.25, -0.2) is 8.42 Å². The summed E-state index contributed by atoms with van der Waals surface area (Å²) in [5.41, 5.74) is 0.576. The Morgan fingerprint density at radius 2 is 2.11 bits per heavy atom. The molecule has 0 saturated carbocycles. The van der Waals surface area contributed by atoms with Crippen LogP contribution < -0.4 is 15.4 Å². The Morgan fingerprint density at radius 1 is 1.33 bits per heavy atom. The van der Waals surface area contributed by atoms with Gasteiger partial charge in [0.1, 0.15) is 10.6 Å². The summed E-state index contributed by atoms with van der Waals surface area (Å²) >= 11 is 5.31. The molecule has 0 unspecified atom stereocenters. The van der Waals surface area contributed by atoms with E-state index >= 15 is 0 Å². The number of anilines is 1. The van der Waals surface area contributed by atoms with Crippen molar-refractivity contribution in [2.75, 3.05) is 51.9 Å². The average molecular weight is 416 g/mol. The fraction of sp³-hybridized carbons (Fsp3) is 0.588. The Kier molecular flexibility index (Phi) is 6.88. The van der Waals surface area contributed by atoms with Crippen molar-refractivity contribution in [2.24, 2.45) is 0 Å². The van der Waals surface area contributed by atoms with E-state index in [2.05, 4.69) is 10.6 Å². The van der Waals surface area contributed by atoms with Gasteiger partial charge in [0.15, 0.2) is 5.11 Å². The van der Waals surface area contributed by atoms with Crippen molar-refractivity contribution in [1.29, 1.82) is 0 Å². The molecule has 150 valence electrons. The van der Waals surface area contributed by atoms with Gasteiger partial charge in [0.05, 0.1) is 26.4 Å². The van der Waals surface area contributed by atoms with Gasteiger partial charge in [-0.1, -0.05) is 0 Å². The van der Waals surface area contributed by atoms with E-state index in [9.17, 15) is 8.42 Å². The fourth-order valence-electron chi connectivity index (χ4n) is 3.07. The third-order valence-corrected chi connectivity index (χ3v) is 6.69. The highest BCUT2D eigenvalue weighted by Gasteiger charge is 2.29. The van der Waals surface area contributed by atoms with Crippen molar-refractivity contribution in [2.45, 2.75) is 23.8 Å². The van der Waals surface area contributed by atoms with Crippen molar-refractivity contribution in [3.63, 3.8) is 0 Å². The number of morpholine rings is 1. The number of nitrogens with one attached hydrogen (secondary N) is 2. The molecule has 0 bridgehead atoms. The van der Waals surface area contributed by atoms with Crippen molar-refractivity contribution in [1.82, 2.24) is 9.62 Å². The lowest BCUT2D eigenvalue weighted by molar-refractivity contribution is 0.0729. The monoisotopic (exact) mass is 415 g/mol. The van der Waals surface area contributed by atoms with E-state index in [1.54, 1.807) is 18.2 Å². The summed E-state index contributed by atoms with van der Waals surface area (Å²) < 4.78 is 43.5. The van der Waals surface area contributed by atoms with Crippen molar-refractivity contribution in [3.05, 3.63) is 18.2 Å². The van der Waals surface area contributed by atoms with Crippen molar-refractivity contribution >= 4 is 33.0 Å². The highest BCUT2D eigenvalue weighted by Crippen LogP contribution is 2.30. The van der Waals surface area contributed by atoms with Crippen LogP contribution in [0.4, 0.5) is 5.69 Å². The third kappa shape index (κ3) is 5.08. The maximum atomic E-state index is 13.0. The maximum absolute atomic E-state index is 13.0. The van der Waals surface area contributed by atoms with Gasteiger partial charge in [-0.05, 0) is 43.3 Å². The van der Waals surface area contributed by atoms with Gasteiger partial charge in [0.2, 0.25) is 10.0 Å². The van der Waals surface area contributed by atoms with E-state index in [1.165, 1.54) is 11.4 Å². The molecule has 10 heteroatoms. The first kappa shape index (κ1) is 20.3. The second-order valence-electron chi connectivity index (χ2n) is 6.35. The van der Waals surface area contributed by atoms with Crippen LogP contribution in [0.3, 0.4) is 0 Å². The minimum Gasteiger partial charge on any atom is -0.495 e. The summed E-state index contributed by atoms with van der Waals surface area (Å²) in [6.07, 6.45) is 2.24. The number of sulfonamides is 1. The summed E-state index contributed by atoms with van der Waals surface area (Å²) in [6.45, 7) is 2.83. The molecule has 2 N–H and O–H groups in total. The zero-order valence-electron chi connectivity index (χ0n) is 15.3. The van der Waals surface area contributed by atoms with Gasteiger partial charge >= 0.3 is 0 Å². The van der Waals surface area contributed by atoms with E-state index in [0.717, 1.165) is 19.4 Å². The van der Waals surface area contributed by atoms with Gasteiger partial charge < -0.3 is 24.8 Å². The SMILES string of the molecule is COc1ccc(NC(=S)NC[C@@H]2CCCO2)cc1S(=O)(=O)N1CCOCC1. The molecule has 0 aromatic heterocycles. The quantitative estimate of drug-likeness (QED) is 0.670. The molecule has 2 aliphatic rings. The molecule has 2 fully saturated rings. The van der Waals surface area contributed by atoms with Crippen LogP contribution in [0.2, 0.25) is 0 Å².